The molecule has 7 nitrogen and oxygen atoms in total. The lowest BCUT2D eigenvalue weighted by Gasteiger charge is -2.12. The maximum absolute atomic E-state index is 12.9. The highest BCUT2D eigenvalue weighted by atomic mass is 19.4. The molecule has 0 aliphatic heterocycles. The van der Waals surface area contributed by atoms with Crippen molar-refractivity contribution < 1.29 is 45.5 Å². The summed E-state index contributed by atoms with van der Waals surface area (Å²) in [5.74, 6) is -5.93. The minimum atomic E-state index is -5.40. The van der Waals surface area contributed by atoms with Crippen LogP contribution in [0.1, 0.15) is 32.0 Å². The van der Waals surface area contributed by atoms with Gasteiger partial charge in [0, 0.05) is 12.1 Å². The van der Waals surface area contributed by atoms with Crippen LogP contribution in [0.3, 0.4) is 0 Å². The topological polar surface area (TPSA) is 111 Å². The first-order valence-electron chi connectivity index (χ1n) is 7.84. The number of aromatic nitrogens is 1. The van der Waals surface area contributed by atoms with Crippen LogP contribution in [-0.2, 0) is 22.3 Å². The van der Waals surface area contributed by atoms with Crippen molar-refractivity contribution in [2.24, 2.45) is 5.73 Å². The Morgan fingerprint density at radius 2 is 1.63 bits per heavy atom. The number of anilines is 1. The first kappa shape index (κ1) is 22.8. The van der Waals surface area contributed by atoms with Crippen molar-refractivity contribution in [3.8, 4) is 0 Å². The second-order valence-corrected chi connectivity index (χ2v) is 5.66. The summed E-state index contributed by atoms with van der Waals surface area (Å²) in [4.78, 5) is 37.9. The van der Waals surface area contributed by atoms with Crippen molar-refractivity contribution in [3.05, 3.63) is 58.8 Å². The molecule has 0 spiro atoms. The summed E-state index contributed by atoms with van der Waals surface area (Å²) in [5, 5.41) is 2.07. The number of nitrogens with zero attached hydrogens (tertiary/aromatic N) is 1. The predicted octanol–water partition coefficient (Wildman–Crippen LogP) is 3.06. The minimum absolute atomic E-state index is 0.0237. The number of nitrogens with two attached hydrogens (primary N) is 1. The lowest BCUT2D eigenvalue weighted by molar-refractivity contribution is -0.193. The summed E-state index contributed by atoms with van der Waals surface area (Å²) < 4.78 is 78.8. The number of halogens is 6. The summed E-state index contributed by atoms with van der Waals surface area (Å²) in [6.07, 6.45) is -10.2. The largest absolute Gasteiger partial charge is 0.491 e. The first-order valence-corrected chi connectivity index (χ1v) is 7.84. The number of hydrogen-bond acceptors (Lipinski definition) is 6. The Bertz CT molecular complexity index is 988. The van der Waals surface area contributed by atoms with Gasteiger partial charge in [-0.3, -0.25) is 4.79 Å². The summed E-state index contributed by atoms with van der Waals surface area (Å²) in [7, 11) is 0. The molecule has 2 rings (SSSR count). The Labute approximate surface area is 163 Å². The average Bonchev–Trinajstić information content (AvgIpc) is 2.66. The molecular formula is C17H11F6N3O4. The SMILES string of the molecule is NCc1cc(NC(=O)c2cccc(C(=O)OC(=O)C(F)(F)F)c2)nc(C(F)(F)F)c1. The number of nitrogens with one attached hydrogen (secondary N) is 1. The van der Waals surface area contributed by atoms with Gasteiger partial charge >= 0.3 is 24.3 Å². The molecule has 0 saturated heterocycles. The van der Waals surface area contributed by atoms with Gasteiger partial charge in [-0.25, -0.2) is 14.6 Å². The van der Waals surface area contributed by atoms with Gasteiger partial charge < -0.3 is 15.8 Å². The van der Waals surface area contributed by atoms with E-state index >= 15 is 0 Å². The molecule has 13 heteroatoms. The van der Waals surface area contributed by atoms with Crippen LogP contribution in [0, 0.1) is 0 Å². The predicted molar refractivity (Wildman–Crippen MR) is 88.0 cm³/mol. The van der Waals surface area contributed by atoms with Gasteiger partial charge in [0.1, 0.15) is 11.5 Å². The summed E-state index contributed by atoms with van der Waals surface area (Å²) in [5.41, 5.74) is 3.16. The van der Waals surface area contributed by atoms with E-state index in [1.807, 2.05) is 0 Å². The first-order chi connectivity index (χ1) is 13.8. The van der Waals surface area contributed by atoms with Crippen molar-refractivity contribution in [1.82, 2.24) is 4.98 Å². The summed E-state index contributed by atoms with van der Waals surface area (Å²) in [6, 6.07) is 5.76. The number of rotatable bonds is 4. The molecule has 1 heterocycles. The summed E-state index contributed by atoms with van der Waals surface area (Å²) >= 11 is 0. The molecule has 0 saturated carbocycles. The zero-order chi connectivity index (χ0) is 22.7. The molecular weight excluding hydrogens is 424 g/mol. The van der Waals surface area contributed by atoms with Crippen LogP contribution in [0.2, 0.25) is 0 Å². The van der Waals surface area contributed by atoms with Crippen LogP contribution in [-0.4, -0.2) is 29.0 Å². The molecule has 1 amide bonds. The van der Waals surface area contributed by atoms with Crippen LogP contribution in [0.25, 0.3) is 0 Å². The fourth-order valence-electron chi connectivity index (χ4n) is 2.09. The number of alkyl halides is 6. The maximum atomic E-state index is 12.9. The van der Waals surface area contributed by atoms with Crippen molar-refractivity contribution in [3.63, 3.8) is 0 Å². The van der Waals surface area contributed by atoms with E-state index in [-0.39, 0.29) is 17.7 Å². The molecule has 0 aliphatic rings. The number of carbonyl (C=O) groups excluding carboxylic acids is 3. The van der Waals surface area contributed by atoms with Gasteiger partial charge in [0.15, 0.2) is 0 Å². The number of hydrogen-bond donors (Lipinski definition) is 2. The highest BCUT2D eigenvalue weighted by molar-refractivity contribution is 6.06. The average molecular weight is 435 g/mol. The standard InChI is InChI=1S/C17H11F6N3O4/c18-16(19,20)11-4-8(7-24)5-12(25-11)26-13(27)9-2-1-3-10(6-9)14(28)30-15(29)17(21,22)23/h1-6H,7,24H2,(H,25,26,27). The Morgan fingerprint density at radius 3 is 2.20 bits per heavy atom. The molecule has 0 bridgehead atoms. The Hall–Kier alpha value is -3.48. The van der Waals surface area contributed by atoms with E-state index in [0.29, 0.717) is 6.07 Å². The molecule has 1 aromatic carbocycles. The fraction of sp³-hybridized carbons (Fsp3) is 0.176. The van der Waals surface area contributed by atoms with Gasteiger partial charge in [-0.05, 0) is 35.9 Å². The number of ether oxygens (including phenoxy) is 1. The van der Waals surface area contributed by atoms with E-state index in [9.17, 15) is 40.7 Å². The monoisotopic (exact) mass is 435 g/mol. The van der Waals surface area contributed by atoms with Crippen LogP contribution < -0.4 is 11.1 Å². The second kappa shape index (κ2) is 8.49. The summed E-state index contributed by atoms with van der Waals surface area (Å²) in [6.45, 7) is -0.275. The van der Waals surface area contributed by atoms with Crippen molar-refractivity contribution >= 4 is 23.7 Å². The maximum Gasteiger partial charge on any atom is 0.491 e. The molecule has 0 aliphatic carbocycles. The molecule has 3 N–H and O–H groups in total. The fourth-order valence-corrected chi connectivity index (χ4v) is 2.09. The van der Waals surface area contributed by atoms with Crippen molar-refractivity contribution in [2.45, 2.75) is 18.9 Å². The van der Waals surface area contributed by atoms with Gasteiger partial charge in [-0.1, -0.05) is 6.07 Å². The third kappa shape index (κ3) is 5.76. The van der Waals surface area contributed by atoms with E-state index in [4.69, 9.17) is 5.73 Å². The molecule has 160 valence electrons. The van der Waals surface area contributed by atoms with E-state index in [2.05, 4.69) is 15.0 Å². The van der Waals surface area contributed by atoms with Crippen molar-refractivity contribution in [1.29, 1.82) is 0 Å². The number of esters is 2. The Balaban J connectivity index is 2.24. The van der Waals surface area contributed by atoms with E-state index < -0.39 is 47.3 Å². The number of amides is 1. The molecule has 0 fully saturated rings. The third-order valence-electron chi connectivity index (χ3n) is 3.43. The lowest BCUT2D eigenvalue weighted by Crippen LogP contribution is -2.28. The van der Waals surface area contributed by atoms with Crippen LogP contribution >= 0.6 is 0 Å². The van der Waals surface area contributed by atoms with Gasteiger partial charge in [-0.15, -0.1) is 0 Å². The van der Waals surface area contributed by atoms with Crippen LogP contribution in [0.5, 0.6) is 0 Å². The highest BCUT2D eigenvalue weighted by Gasteiger charge is 2.42. The zero-order valence-corrected chi connectivity index (χ0v) is 14.6. The number of benzene rings is 1. The van der Waals surface area contributed by atoms with Gasteiger partial charge in [0.2, 0.25) is 0 Å². The molecule has 30 heavy (non-hydrogen) atoms. The zero-order valence-electron chi connectivity index (χ0n) is 14.6. The minimum Gasteiger partial charge on any atom is -0.383 e. The molecule has 0 unspecified atom stereocenters. The number of carbonyl (C=O) groups is 3. The van der Waals surface area contributed by atoms with E-state index in [1.165, 1.54) is 0 Å². The molecule has 0 atom stereocenters. The highest BCUT2D eigenvalue weighted by Crippen LogP contribution is 2.29. The van der Waals surface area contributed by atoms with E-state index in [0.717, 1.165) is 30.3 Å². The van der Waals surface area contributed by atoms with Gasteiger partial charge in [0.05, 0.1) is 5.56 Å². The normalized spacial score (nSPS) is 11.7. The quantitative estimate of drug-likeness (QED) is 0.434. The molecule has 1 aromatic heterocycles. The molecule has 0 radical (unpaired) electrons. The van der Waals surface area contributed by atoms with Gasteiger partial charge in [-0.2, -0.15) is 26.3 Å². The molecule has 2 aromatic rings. The van der Waals surface area contributed by atoms with Crippen molar-refractivity contribution in [2.75, 3.05) is 5.32 Å². The third-order valence-corrected chi connectivity index (χ3v) is 3.43. The van der Waals surface area contributed by atoms with E-state index in [1.54, 1.807) is 0 Å². The number of pyridine rings is 1. The smallest absolute Gasteiger partial charge is 0.383 e. The van der Waals surface area contributed by atoms with Gasteiger partial charge in [0.25, 0.3) is 5.91 Å². The Kier molecular flexibility index (Phi) is 6.45. The Morgan fingerprint density at radius 1 is 1.00 bits per heavy atom. The second-order valence-electron chi connectivity index (χ2n) is 5.66. The van der Waals surface area contributed by atoms with Crippen LogP contribution in [0.15, 0.2) is 36.4 Å². The lowest BCUT2D eigenvalue weighted by atomic mass is 10.1. The van der Waals surface area contributed by atoms with Crippen LogP contribution in [0.4, 0.5) is 32.2 Å².